The van der Waals surface area contributed by atoms with Crippen LogP contribution in [-0.4, -0.2) is 22.2 Å². The Hall–Kier alpha value is -1.62. The van der Waals surface area contributed by atoms with E-state index in [0.717, 1.165) is 17.8 Å². The van der Waals surface area contributed by atoms with E-state index in [0.29, 0.717) is 19.5 Å². The van der Waals surface area contributed by atoms with Crippen molar-refractivity contribution in [2.75, 3.05) is 6.54 Å². The highest BCUT2D eigenvalue weighted by Gasteiger charge is 2.07. The molecule has 1 amide bonds. The van der Waals surface area contributed by atoms with Gasteiger partial charge < -0.3 is 5.32 Å². The molecule has 0 aromatic carbocycles. The number of nitrogens with one attached hydrogen (secondary N) is 1. The van der Waals surface area contributed by atoms with Gasteiger partial charge in [0, 0.05) is 18.7 Å². The summed E-state index contributed by atoms with van der Waals surface area (Å²) in [5.74, 6) is 0.116. The lowest BCUT2D eigenvalue weighted by atomic mass is 10.3. The summed E-state index contributed by atoms with van der Waals surface area (Å²) in [7, 11) is 0. The van der Waals surface area contributed by atoms with Gasteiger partial charge in [-0.2, -0.15) is 5.10 Å². The Morgan fingerprint density at radius 3 is 3.05 bits per heavy atom. The minimum absolute atomic E-state index is 0.116. The Morgan fingerprint density at radius 2 is 2.37 bits per heavy atom. The van der Waals surface area contributed by atoms with Gasteiger partial charge >= 0.3 is 0 Å². The number of thiophene rings is 1. The van der Waals surface area contributed by atoms with Crippen LogP contribution < -0.4 is 5.32 Å². The third kappa shape index (κ3) is 3.67. The fraction of sp³-hybridized carbons (Fsp3) is 0.429. The van der Waals surface area contributed by atoms with Gasteiger partial charge in [0.25, 0.3) is 0 Å². The smallest absolute Gasteiger partial charge is 0.220 e. The van der Waals surface area contributed by atoms with Crippen molar-refractivity contribution in [3.63, 3.8) is 0 Å². The van der Waals surface area contributed by atoms with Crippen LogP contribution in [0.15, 0.2) is 23.6 Å². The molecule has 0 radical (unpaired) electrons. The maximum Gasteiger partial charge on any atom is 0.220 e. The van der Waals surface area contributed by atoms with Crippen LogP contribution in [0.1, 0.15) is 25.5 Å². The van der Waals surface area contributed by atoms with Crippen molar-refractivity contribution >= 4 is 17.2 Å². The van der Waals surface area contributed by atoms with E-state index in [-0.39, 0.29) is 5.91 Å². The van der Waals surface area contributed by atoms with E-state index >= 15 is 0 Å². The van der Waals surface area contributed by atoms with E-state index in [2.05, 4.69) is 27.9 Å². The molecule has 0 aliphatic rings. The van der Waals surface area contributed by atoms with Gasteiger partial charge in [-0.3, -0.25) is 9.48 Å². The lowest BCUT2D eigenvalue weighted by Gasteiger charge is -2.06. The molecule has 0 aliphatic heterocycles. The Balaban J connectivity index is 1.92. The molecular weight excluding hydrogens is 258 g/mol. The third-order valence-corrected chi connectivity index (χ3v) is 3.77. The first-order valence-electron chi connectivity index (χ1n) is 6.55. The van der Waals surface area contributed by atoms with E-state index in [9.17, 15) is 4.79 Å². The zero-order chi connectivity index (χ0) is 13.7. The molecule has 2 aromatic heterocycles. The first-order chi connectivity index (χ1) is 9.20. The van der Waals surface area contributed by atoms with Crippen LogP contribution in [-0.2, 0) is 11.3 Å². The second-order valence-corrected chi connectivity index (χ2v) is 5.42. The van der Waals surface area contributed by atoms with Crippen LogP contribution in [0, 0.1) is 6.92 Å². The Kier molecular flexibility index (Phi) is 4.74. The molecule has 0 spiro atoms. The fourth-order valence-corrected chi connectivity index (χ4v) is 2.58. The summed E-state index contributed by atoms with van der Waals surface area (Å²) >= 11 is 1.69. The largest absolute Gasteiger partial charge is 0.354 e. The minimum atomic E-state index is 0.116. The highest BCUT2D eigenvalue weighted by molar-refractivity contribution is 7.13. The topological polar surface area (TPSA) is 46.9 Å². The van der Waals surface area contributed by atoms with Crippen LogP contribution >= 0.6 is 11.3 Å². The lowest BCUT2D eigenvalue weighted by Crippen LogP contribution is -2.27. The Bertz CT molecular complexity index is 531. The maximum absolute atomic E-state index is 11.4. The average Bonchev–Trinajstić information content (AvgIpc) is 3.00. The van der Waals surface area contributed by atoms with Crippen LogP contribution in [0.2, 0.25) is 0 Å². The maximum atomic E-state index is 11.4. The van der Waals surface area contributed by atoms with Crippen molar-refractivity contribution in [3.8, 4) is 10.6 Å². The standard InChI is InChI=1S/C14H19N3OS/c1-3-5-14(18)15-7-8-17-11(2)10-12(16-17)13-6-4-9-19-13/h4,6,9-10H,3,5,7-8H2,1-2H3,(H,15,18). The number of aromatic nitrogens is 2. The van der Waals surface area contributed by atoms with Gasteiger partial charge in [-0.25, -0.2) is 0 Å². The van der Waals surface area contributed by atoms with E-state index in [1.807, 2.05) is 24.6 Å². The number of nitrogens with zero attached hydrogens (tertiary/aromatic N) is 2. The van der Waals surface area contributed by atoms with E-state index < -0.39 is 0 Å². The molecule has 0 unspecified atom stereocenters. The molecule has 102 valence electrons. The number of aryl methyl sites for hydroxylation is 1. The van der Waals surface area contributed by atoms with E-state index in [1.165, 1.54) is 4.88 Å². The van der Waals surface area contributed by atoms with Crippen molar-refractivity contribution in [3.05, 3.63) is 29.3 Å². The molecule has 0 saturated carbocycles. The normalized spacial score (nSPS) is 10.6. The zero-order valence-electron chi connectivity index (χ0n) is 11.3. The average molecular weight is 277 g/mol. The van der Waals surface area contributed by atoms with Gasteiger partial charge in [0.15, 0.2) is 0 Å². The first-order valence-corrected chi connectivity index (χ1v) is 7.43. The molecule has 19 heavy (non-hydrogen) atoms. The van der Waals surface area contributed by atoms with Gasteiger partial charge in [0.1, 0.15) is 5.69 Å². The predicted octanol–water partition coefficient (Wildman–Crippen LogP) is 2.84. The summed E-state index contributed by atoms with van der Waals surface area (Å²) in [6.07, 6.45) is 1.48. The lowest BCUT2D eigenvalue weighted by molar-refractivity contribution is -0.121. The van der Waals surface area contributed by atoms with Crippen molar-refractivity contribution < 1.29 is 4.79 Å². The van der Waals surface area contributed by atoms with Crippen molar-refractivity contribution in [1.29, 1.82) is 0 Å². The van der Waals surface area contributed by atoms with E-state index in [1.54, 1.807) is 11.3 Å². The summed E-state index contributed by atoms with van der Waals surface area (Å²) in [6.45, 7) is 5.39. The minimum Gasteiger partial charge on any atom is -0.354 e. The van der Waals surface area contributed by atoms with Crippen LogP contribution in [0.3, 0.4) is 0 Å². The molecule has 5 heteroatoms. The highest BCUT2D eigenvalue weighted by Crippen LogP contribution is 2.23. The molecule has 2 aromatic rings. The molecule has 0 fully saturated rings. The molecule has 2 heterocycles. The predicted molar refractivity (Wildman–Crippen MR) is 78.2 cm³/mol. The molecule has 0 bridgehead atoms. The second-order valence-electron chi connectivity index (χ2n) is 4.47. The van der Waals surface area contributed by atoms with Crippen molar-refractivity contribution in [2.24, 2.45) is 0 Å². The fourth-order valence-electron chi connectivity index (χ4n) is 1.90. The zero-order valence-corrected chi connectivity index (χ0v) is 12.2. The van der Waals surface area contributed by atoms with Gasteiger partial charge in [-0.1, -0.05) is 13.0 Å². The van der Waals surface area contributed by atoms with Gasteiger partial charge in [0.2, 0.25) is 5.91 Å². The molecule has 0 saturated heterocycles. The molecule has 4 nitrogen and oxygen atoms in total. The monoisotopic (exact) mass is 277 g/mol. The molecule has 0 atom stereocenters. The van der Waals surface area contributed by atoms with E-state index in [4.69, 9.17) is 0 Å². The van der Waals surface area contributed by atoms with Crippen LogP contribution in [0.25, 0.3) is 10.6 Å². The van der Waals surface area contributed by atoms with Gasteiger partial charge in [-0.05, 0) is 30.9 Å². The SMILES string of the molecule is CCCC(=O)NCCn1nc(-c2cccs2)cc1C. The molecular formula is C14H19N3OS. The van der Waals surface area contributed by atoms with Crippen molar-refractivity contribution in [2.45, 2.75) is 33.2 Å². The summed E-state index contributed by atoms with van der Waals surface area (Å²) in [5.41, 5.74) is 2.13. The van der Waals surface area contributed by atoms with Crippen molar-refractivity contribution in [1.82, 2.24) is 15.1 Å². The summed E-state index contributed by atoms with van der Waals surface area (Å²) < 4.78 is 1.95. The summed E-state index contributed by atoms with van der Waals surface area (Å²) in [5, 5.41) is 9.53. The van der Waals surface area contributed by atoms with Gasteiger partial charge in [-0.15, -0.1) is 11.3 Å². The third-order valence-electron chi connectivity index (χ3n) is 2.88. The number of hydrogen-bond donors (Lipinski definition) is 1. The second kappa shape index (κ2) is 6.52. The number of carbonyl (C=O) groups is 1. The first kappa shape index (κ1) is 13.8. The number of hydrogen-bond acceptors (Lipinski definition) is 3. The quantitative estimate of drug-likeness (QED) is 0.882. The molecule has 0 aliphatic carbocycles. The number of amides is 1. The highest BCUT2D eigenvalue weighted by atomic mass is 32.1. The summed E-state index contributed by atoms with van der Waals surface area (Å²) in [4.78, 5) is 12.5. The Morgan fingerprint density at radius 1 is 1.53 bits per heavy atom. The van der Waals surface area contributed by atoms with Gasteiger partial charge in [0.05, 0.1) is 11.4 Å². The van der Waals surface area contributed by atoms with Crippen LogP contribution in [0.5, 0.6) is 0 Å². The summed E-state index contributed by atoms with van der Waals surface area (Å²) in [6, 6.07) is 6.18. The number of rotatable bonds is 6. The van der Waals surface area contributed by atoms with Crippen LogP contribution in [0.4, 0.5) is 0 Å². The Labute approximate surface area is 117 Å². The molecule has 1 N–H and O–H groups in total. The number of carbonyl (C=O) groups excluding carboxylic acids is 1. The molecule has 2 rings (SSSR count).